The molecule has 2 N–H and O–H groups in total. The maximum absolute atomic E-state index is 12.7. The standard InChI is InChI=1S/C22H22N2O3/c1-15-3-7-17(8-4-15)20-13-11-19(12-14-21(25)26)24(20)23-22(27)18-9-5-16(2)6-10-18/h3-11,13H,12,14H2,1-2H3,(H,23,27)(H,25,26). The third kappa shape index (κ3) is 4.44. The maximum Gasteiger partial charge on any atom is 0.303 e. The zero-order valence-corrected chi connectivity index (χ0v) is 15.4. The van der Waals surface area contributed by atoms with Gasteiger partial charge >= 0.3 is 5.97 Å². The number of hydrogen-bond donors (Lipinski definition) is 2. The normalized spacial score (nSPS) is 10.6. The number of amides is 1. The van der Waals surface area contributed by atoms with Crippen LogP contribution in [0.1, 0.15) is 33.6 Å². The molecule has 0 fully saturated rings. The third-order valence-electron chi connectivity index (χ3n) is 4.43. The van der Waals surface area contributed by atoms with Crippen molar-refractivity contribution in [1.29, 1.82) is 0 Å². The summed E-state index contributed by atoms with van der Waals surface area (Å²) < 4.78 is 1.69. The minimum atomic E-state index is -0.871. The molecule has 2 aromatic carbocycles. The quantitative estimate of drug-likeness (QED) is 0.691. The van der Waals surface area contributed by atoms with E-state index in [2.05, 4.69) is 5.43 Å². The number of carboxylic acid groups (broad SMARTS) is 1. The summed E-state index contributed by atoms with van der Waals surface area (Å²) in [6.45, 7) is 3.98. The Kier molecular flexibility index (Phi) is 5.41. The van der Waals surface area contributed by atoms with E-state index in [0.29, 0.717) is 12.0 Å². The molecule has 27 heavy (non-hydrogen) atoms. The molecule has 3 rings (SSSR count). The molecule has 0 spiro atoms. The van der Waals surface area contributed by atoms with E-state index in [0.717, 1.165) is 28.1 Å². The molecule has 0 aliphatic heterocycles. The van der Waals surface area contributed by atoms with Gasteiger partial charge in [-0.1, -0.05) is 47.5 Å². The van der Waals surface area contributed by atoms with Gasteiger partial charge in [0.15, 0.2) is 0 Å². The second kappa shape index (κ2) is 7.91. The van der Waals surface area contributed by atoms with Crippen LogP contribution in [0, 0.1) is 13.8 Å². The molecule has 0 bridgehead atoms. The van der Waals surface area contributed by atoms with Crippen LogP contribution >= 0.6 is 0 Å². The van der Waals surface area contributed by atoms with E-state index >= 15 is 0 Å². The Morgan fingerprint density at radius 2 is 1.48 bits per heavy atom. The zero-order chi connectivity index (χ0) is 19.4. The van der Waals surface area contributed by atoms with Gasteiger partial charge in [-0.25, -0.2) is 0 Å². The Hall–Kier alpha value is -3.34. The Bertz CT molecular complexity index is 954. The highest BCUT2D eigenvalue weighted by atomic mass is 16.4. The molecule has 0 unspecified atom stereocenters. The fourth-order valence-corrected chi connectivity index (χ4v) is 2.86. The summed E-state index contributed by atoms with van der Waals surface area (Å²) in [4.78, 5) is 23.7. The number of benzene rings is 2. The summed E-state index contributed by atoms with van der Waals surface area (Å²) in [5.41, 5.74) is 8.20. The number of aromatic nitrogens is 1. The minimum absolute atomic E-state index is 0.00223. The van der Waals surface area contributed by atoms with Crippen molar-refractivity contribution in [1.82, 2.24) is 4.68 Å². The van der Waals surface area contributed by atoms with E-state index in [1.807, 2.05) is 62.4 Å². The third-order valence-corrected chi connectivity index (χ3v) is 4.43. The molecular formula is C22H22N2O3. The number of hydrogen-bond acceptors (Lipinski definition) is 2. The summed E-state index contributed by atoms with van der Waals surface area (Å²) in [6, 6.07) is 19.1. The predicted octanol–water partition coefficient (Wildman–Crippen LogP) is 4.17. The molecule has 0 saturated carbocycles. The van der Waals surface area contributed by atoms with Crippen LogP contribution in [0.15, 0.2) is 60.7 Å². The van der Waals surface area contributed by atoms with Crippen molar-refractivity contribution in [3.63, 3.8) is 0 Å². The Labute approximate surface area is 158 Å². The lowest BCUT2D eigenvalue weighted by molar-refractivity contribution is -0.136. The fourth-order valence-electron chi connectivity index (χ4n) is 2.86. The molecule has 0 aliphatic carbocycles. The first kappa shape index (κ1) is 18.5. The SMILES string of the molecule is Cc1ccc(C(=O)Nn2c(CCC(=O)O)ccc2-c2ccc(C)cc2)cc1. The van der Waals surface area contributed by atoms with E-state index in [-0.39, 0.29) is 12.3 Å². The number of aliphatic carboxylic acids is 1. The molecule has 5 nitrogen and oxygen atoms in total. The van der Waals surface area contributed by atoms with Gasteiger partial charge in [-0.05, 0) is 38.1 Å². The van der Waals surface area contributed by atoms with Gasteiger partial charge in [0.2, 0.25) is 0 Å². The van der Waals surface area contributed by atoms with Crippen LogP contribution in [0.2, 0.25) is 0 Å². The van der Waals surface area contributed by atoms with E-state index in [9.17, 15) is 9.59 Å². The van der Waals surface area contributed by atoms with Crippen molar-refractivity contribution in [2.45, 2.75) is 26.7 Å². The predicted molar refractivity (Wildman–Crippen MR) is 105 cm³/mol. The lowest BCUT2D eigenvalue weighted by Crippen LogP contribution is -2.25. The van der Waals surface area contributed by atoms with Crippen molar-refractivity contribution in [3.05, 3.63) is 83.0 Å². The van der Waals surface area contributed by atoms with E-state index in [4.69, 9.17) is 5.11 Å². The van der Waals surface area contributed by atoms with Crippen molar-refractivity contribution < 1.29 is 14.7 Å². The zero-order valence-electron chi connectivity index (χ0n) is 15.4. The van der Waals surface area contributed by atoms with Crippen molar-refractivity contribution in [2.24, 2.45) is 0 Å². The molecule has 1 amide bonds. The average Bonchev–Trinajstić information content (AvgIpc) is 3.03. The minimum Gasteiger partial charge on any atom is -0.481 e. The van der Waals surface area contributed by atoms with Crippen molar-refractivity contribution in [2.75, 3.05) is 5.43 Å². The summed E-state index contributed by atoms with van der Waals surface area (Å²) in [5.74, 6) is -1.11. The van der Waals surface area contributed by atoms with Crippen LogP contribution in [0.4, 0.5) is 0 Å². The van der Waals surface area contributed by atoms with Gasteiger partial charge in [0, 0.05) is 23.2 Å². The van der Waals surface area contributed by atoms with Gasteiger partial charge in [0.1, 0.15) is 0 Å². The van der Waals surface area contributed by atoms with Crippen LogP contribution in [-0.4, -0.2) is 21.7 Å². The van der Waals surface area contributed by atoms with Gasteiger partial charge in [-0.3, -0.25) is 19.7 Å². The first-order chi connectivity index (χ1) is 12.9. The van der Waals surface area contributed by atoms with Gasteiger partial charge in [0.25, 0.3) is 5.91 Å². The first-order valence-corrected chi connectivity index (χ1v) is 8.81. The highest BCUT2D eigenvalue weighted by Crippen LogP contribution is 2.23. The average molecular weight is 362 g/mol. The highest BCUT2D eigenvalue weighted by molar-refractivity contribution is 6.00. The number of carboxylic acids is 1. The summed E-state index contributed by atoms with van der Waals surface area (Å²) in [6.07, 6.45) is 0.327. The maximum atomic E-state index is 12.7. The summed E-state index contributed by atoms with van der Waals surface area (Å²) in [7, 11) is 0. The number of carbonyl (C=O) groups is 2. The van der Waals surface area contributed by atoms with Crippen molar-refractivity contribution in [3.8, 4) is 11.3 Å². The molecule has 3 aromatic rings. The smallest absolute Gasteiger partial charge is 0.303 e. The summed E-state index contributed by atoms with van der Waals surface area (Å²) in [5, 5.41) is 9.01. The van der Waals surface area contributed by atoms with Gasteiger partial charge in [-0.2, -0.15) is 0 Å². The second-order valence-electron chi connectivity index (χ2n) is 6.61. The Morgan fingerprint density at radius 3 is 2.07 bits per heavy atom. The number of rotatable bonds is 6. The van der Waals surface area contributed by atoms with E-state index in [1.54, 1.807) is 16.8 Å². The van der Waals surface area contributed by atoms with Crippen molar-refractivity contribution >= 4 is 11.9 Å². The van der Waals surface area contributed by atoms with Crippen LogP contribution < -0.4 is 5.43 Å². The molecule has 5 heteroatoms. The van der Waals surface area contributed by atoms with Crippen LogP contribution in [0.25, 0.3) is 11.3 Å². The van der Waals surface area contributed by atoms with E-state index in [1.165, 1.54) is 0 Å². The number of aryl methyl sites for hydroxylation is 3. The number of nitrogens with zero attached hydrogens (tertiary/aromatic N) is 1. The lowest BCUT2D eigenvalue weighted by Gasteiger charge is -2.15. The molecule has 1 heterocycles. The molecule has 0 atom stereocenters. The fraction of sp³-hybridized carbons (Fsp3) is 0.182. The molecule has 0 saturated heterocycles. The van der Waals surface area contributed by atoms with Crippen LogP contribution in [0.3, 0.4) is 0 Å². The van der Waals surface area contributed by atoms with Gasteiger partial charge in [0.05, 0.1) is 12.1 Å². The molecule has 1 aromatic heterocycles. The highest BCUT2D eigenvalue weighted by Gasteiger charge is 2.15. The molecule has 138 valence electrons. The van der Waals surface area contributed by atoms with Gasteiger partial charge in [-0.15, -0.1) is 0 Å². The molecule has 0 radical (unpaired) electrons. The van der Waals surface area contributed by atoms with Crippen LogP contribution in [0.5, 0.6) is 0 Å². The number of nitrogens with one attached hydrogen (secondary N) is 1. The summed E-state index contributed by atoms with van der Waals surface area (Å²) >= 11 is 0. The topological polar surface area (TPSA) is 71.3 Å². The molecule has 0 aliphatic rings. The van der Waals surface area contributed by atoms with Gasteiger partial charge < -0.3 is 5.11 Å². The monoisotopic (exact) mass is 362 g/mol. The van der Waals surface area contributed by atoms with E-state index < -0.39 is 5.97 Å². The molecular weight excluding hydrogens is 340 g/mol. The largest absolute Gasteiger partial charge is 0.481 e. The second-order valence-corrected chi connectivity index (χ2v) is 6.61. The van der Waals surface area contributed by atoms with Crippen LogP contribution in [-0.2, 0) is 11.2 Å². The Balaban J connectivity index is 1.95. The lowest BCUT2D eigenvalue weighted by atomic mass is 10.1. The first-order valence-electron chi connectivity index (χ1n) is 8.81. The number of carbonyl (C=O) groups excluding carboxylic acids is 1. The Morgan fingerprint density at radius 1 is 0.889 bits per heavy atom.